The molecule has 0 aromatic heterocycles. The molecule has 0 spiro atoms. The lowest BCUT2D eigenvalue weighted by Crippen LogP contribution is -2.26. The number of fused-ring (bicyclic) bond motifs is 2. The summed E-state index contributed by atoms with van der Waals surface area (Å²) in [5, 5.41) is 17.9. The summed E-state index contributed by atoms with van der Waals surface area (Å²) in [4.78, 5) is 21.8. The van der Waals surface area contributed by atoms with E-state index in [0.717, 1.165) is 0 Å². The molecule has 13 heavy (non-hydrogen) atoms. The van der Waals surface area contributed by atoms with E-state index in [9.17, 15) is 9.59 Å². The van der Waals surface area contributed by atoms with Gasteiger partial charge in [0.2, 0.25) is 0 Å². The molecule has 2 N–H and O–H groups in total. The van der Waals surface area contributed by atoms with Gasteiger partial charge in [0.15, 0.2) is 0 Å². The number of rotatable bonds is 2. The van der Waals surface area contributed by atoms with E-state index in [-0.39, 0.29) is 6.42 Å². The van der Waals surface area contributed by atoms with Gasteiger partial charge in [-0.2, -0.15) is 0 Å². The van der Waals surface area contributed by atoms with Crippen molar-refractivity contribution in [1.82, 2.24) is 0 Å². The maximum Gasteiger partial charge on any atom is 0.313 e. The molecule has 0 heterocycles. The van der Waals surface area contributed by atoms with Crippen molar-refractivity contribution in [3.05, 3.63) is 12.2 Å². The normalized spacial score (nSPS) is 40.9. The topological polar surface area (TPSA) is 74.6 Å². The summed E-state index contributed by atoms with van der Waals surface area (Å²) >= 11 is 0. The van der Waals surface area contributed by atoms with Crippen molar-refractivity contribution in [3.63, 3.8) is 0 Å². The zero-order valence-electron chi connectivity index (χ0n) is 6.99. The SMILES string of the molecule is O=C(O)C12C=CC(C(=O)O)(CC1)C2. The Morgan fingerprint density at radius 2 is 1.38 bits per heavy atom. The van der Waals surface area contributed by atoms with Gasteiger partial charge < -0.3 is 10.2 Å². The second kappa shape index (κ2) is 2.13. The summed E-state index contributed by atoms with van der Waals surface area (Å²) in [6.07, 6.45) is 4.22. The molecule has 2 bridgehead atoms. The molecule has 2 aliphatic rings. The first kappa shape index (κ1) is 8.29. The third kappa shape index (κ3) is 0.855. The number of hydrogen-bond donors (Lipinski definition) is 2. The third-order valence-electron chi connectivity index (χ3n) is 3.22. The fourth-order valence-electron chi connectivity index (χ4n) is 2.30. The van der Waals surface area contributed by atoms with Crippen LogP contribution in [0.1, 0.15) is 19.3 Å². The molecule has 2 unspecified atom stereocenters. The van der Waals surface area contributed by atoms with Crippen LogP contribution in [-0.2, 0) is 9.59 Å². The van der Waals surface area contributed by atoms with E-state index >= 15 is 0 Å². The van der Waals surface area contributed by atoms with E-state index in [1.165, 1.54) is 0 Å². The lowest BCUT2D eigenvalue weighted by atomic mass is 9.88. The van der Waals surface area contributed by atoms with Gasteiger partial charge in [-0.1, -0.05) is 12.2 Å². The molecule has 0 amide bonds. The molecule has 2 rings (SSSR count). The average molecular weight is 182 g/mol. The molecule has 70 valence electrons. The van der Waals surface area contributed by atoms with Crippen molar-refractivity contribution in [2.75, 3.05) is 0 Å². The summed E-state index contributed by atoms with van der Waals surface area (Å²) in [5.74, 6) is -1.80. The van der Waals surface area contributed by atoms with Crippen molar-refractivity contribution in [2.24, 2.45) is 10.8 Å². The van der Waals surface area contributed by atoms with Crippen LogP contribution in [-0.4, -0.2) is 22.2 Å². The fourth-order valence-corrected chi connectivity index (χ4v) is 2.30. The Morgan fingerprint density at radius 1 is 1.00 bits per heavy atom. The number of carbonyl (C=O) groups is 2. The van der Waals surface area contributed by atoms with Crippen molar-refractivity contribution < 1.29 is 19.8 Å². The molecule has 1 fully saturated rings. The van der Waals surface area contributed by atoms with E-state index in [2.05, 4.69) is 0 Å². The van der Waals surface area contributed by atoms with Gasteiger partial charge in [-0.15, -0.1) is 0 Å². The molecule has 2 atom stereocenters. The summed E-state index contributed by atoms with van der Waals surface area (Å²) in [6, 6.07) is 0. The number of hydrogen-bond acceptors (Lipinski definition) is 2. The minimum absolute atomic E-state index is 0.227. The lowest BCUT2D eigenvalue weighted by Gasteiger charge is -2.15. The molecule has 1 saturated carbocycles. The minimum atomic E-state index is -0.899. The third-order valence-corrected chi connectivity index (χ3v) is 3.22. The highest BCUT2D eigenvalue weighted by molar-refractivity contribution is 5.86. The van der Waals surface area contributed by atoms with E-state index in [0.29, 0.717) is 12.8 Å². The van der Waals surface area contributed by atoms with Crippen LogP contribution >= 0.6 is 0 Å². The monoisotopic (exact) mass is 182 g/mol. The van der Waals surface area contributed by atoms with Crippen LogP contribution in [0.3, 0.4) is 0 Å². The van der Waals surface area contributed by atoms with Crippen LogP contribution < -0.4 is 0 Å². The van der Waals surface area contributed by atoms with Gasteiger partial charge in [0, 0.05) is 0 Å². The first-order chi connectivity index (χ1) is 6.01. The highest BCUT2D eigenvalue weighted by Gasteiger charge is 2.58. The van der Waals surface area contributed by atoms with Crippen molar-refractivity contribution in [3.8, 4) is 0 Å². The van der Waals surface area contributed by atoms with Crippen LogP contribution in [0, 0.1) is 10.8 Å². The first-order valence-electron chi connectivity index (χ1n) is 4.18. The van der Waals surface area contributed by atoms with Crippen LogP contribution in [0.15, 0.2) is 12.2 Å². The standard InChI is InChI=1S/C9H10O4/c10-6(11)8-1-2-9(5-8,4-3-8)7(12)13/h1-2H,3-5H2,(H,10,11)(H,12,13). The zero-order valence-corrected chi connectivity index (χ0v) is 6.99. The van der Waals surface area contributed by atoms with Gasteiger partial charge >= 0.3 is 11.9 Å². The summed E-state index contributed by atoms with van der Waals surface area (Å²) in [7, 11) is 0. The molecule has 0 aromatic rings. The smallest absolute Gasteiger partial charge is 0.313 e. The van der Waals surface area contributed by atoms with E-state index < -0.39 is 22.8 Å². The molecule has 4 nitrogen and oxygen atoms in total. The van der Waals surface area contributed by atoms with Crippen molar-refractivity contribution in [2.45, 2.75) is 19.3 Å². The Balaban J connectivity index is 2.36. The second-order valence-electron chi connectivity index (χ2n) is 3.93. The molecular formula is C9H10O4. The maximum absolute atomic E-state index is 10.9. The van der Waals surface area contributed by atoms with Gasteiger partial charge in [0.1, 0.15) is 0 Å². The fraction of sp³-hybridized carbons (Fsp3) is 0.556. The Hall–Kier alpha value is -1.32. The largest absolute Gasteiger partial charge is 0.481 e. The van der Waals surface area contributed by atoms with Crippen molar-refractivity contribution in [1.29, 1.82) is 0 Å². The van der Waals surface area contributed by atoms with Gasteiger partial charge in [-0.25, -0.2) is 0 Å². The summed E-state index contributed by atoms with van der Waals surface area (Å²) in [5.41, 5.74) is -1.78. The van der Waals surface area contributed by atoms with Crippen LogP contribution in [0.5, 0.6) is 0 Å². The van der Waals surface area contributed by atoms with Gasteiger partial charge in [-0.05, 0) is 19.3 Å². The lowest BCUT2D eigenvalue weighted by molar-refractivity contribution is -0.147. The molecule has 4 heteroatoms. The quantitative estimate of drug-likeness (QED) is 0.621. The Morgan fingerprint density at radius 3 is 1.54 bits per heavy atom. The molecular weight excluding hydrogens is 172 g/mol. The number of carboxylic acid groups (broad SMARTS) is 2. The molecule has 0 aromatic carbocycles. The molecule has 2 aliphatic carbocycles. The minimum Gasteiger partial charge on any atom is -0.481 e. The van der Waals surface area contributed by atoms with Crippen LogP contribution in [0.4, 0.5) is 0 Å². The maximum atomic E-state index is 10.9. The van der Waals surface area contributed by atoms with Gasteiger partial charge in [-0.3, -0.25) is 9.59 Å². The van der Waals surface area contributed by atoms with E-state index in [1.807, 2.05) is 0 Å². The Bertz CT molecular complexity index is 290. The molecule has 0 aliphatic heterocycles. The van der Waals surface area contributed by atoms with Gasteiger partial charge in [0.05, 0.1) is 10.8 Å². The van der Waals surface area contributed by atoms with E-state index in [4.69, 9.17) is 10.2 Å². The Labute approximate surface area is 74.9 Å². The second-order valence-corrected chi connectivity index (χ2v) is 3.93. The summed E-state index contributed by atoms with van der Waals surface area (Å²) in [6.45, 7) is 0. The predicted octanol–water partition coefficient (Wildman–Crippen LogP) is 0.882. The van der Waals surface area contributed by atoms with E-state index in [1.54, 1.807) is 12.2 Å². The number of carboxylic acids is 2. The van der Waals surface area contributed by atoms with Gasteiger partial charge in [0.25, 0.3) is 0 Å². The van der Waals surface area contributed by atoms with Crippen LogP contribution in [0.2, 0.25) is 0 Å². The average Bonchev–Trinajstić information content (AvgIpc) is 2.61. The van der Waals surface area contributed by atoms with Crippen LogP contribution in [0.25, 0.3) is 0 Å². The van der Waals surface area contributed by atoms with Crippen molar-refractivity contribution >= 4 is 11.9 Å². The predicted molar refractivity (Wildman–Crippen MR) is 43.1 cm³/mol. The molecule has 0 saturated heterocycles. The first-order valence-corrected chi connectivity index (χ1v) is 4.18. The Kier molecular flexibility index (Phi) is 1.36. The highest BCUT2D eigenvalue weighted by atomic mass is 16.4. The highest BCUT2D eigenvalue weighted by Crippen LogP contribution is 2.56. The number of aliphatic carboxylic acids is 2. The summed E-state index contributed by atoms with van der Waals surface area (Å²) < 4.78 is 0. The molecule has 0 radical (unpaired) electrons. The zero-order chi connectivity index (χ0) is 9.69.